The minimum Gasteiger partial charge on any atom is -0.396 e. The van der Waals surface area contributed by atoms with E-state index in [9.17, 15) is 10.1 Å². The maximum absolute atomic E-state index is 12.5. The molecule has 0 heterocycles. The molecular weight excluding hydrogens is 320 g/mol. The van der Waals surface area contributed by atoms with E-state index in [0.29, 0.717) is 17.7 Å². The molecule has 0 aliphatic rings. The van der Waals surface area contributed by atoms with Crippen LogP contribution in [0.5, 0.6) is 0 Å². The van der Waals surface area contributed by atoms with Crippen LogP contribution < -0.4 is 5.32 Å². The van der Waals surface area contributed by atoms with E-state index < -0.39 is 0 Å². The molecule has 0 saturated heterocycles. The first-order valence-corrected chi connectivity index (χ1v) is 8.98. The van der Waals surface area contributed by atoms with Crippen molar-refractivity contribution < 1.29 is 9.90 Å². The first kappa shape index (κ1) is 18.1. The molecule has 2 rings (SSSR count). The molecule has 2 N–H and O–H groups in total. The van der Waals surface area contributed by atoms with E-state index in [1.54, 1.807) is 23.9 Å². The number of rotatable bonds is 8. The number of aliphatic hydroxyl groups is 1. The third kappa shape index (κ3) is 4.85. The lowest BCUT2D eigenvalue weighted by molar-refractivity contribution is 0.0957. The van der Waals surface area contributed by atoms with E-state index in [1.165, 1.54) is 0 Å². The third-order valence-corrected chi connectivity index (χ3v) is 4.56. The third-order valence-electron chi connectivity index (χ3n) is 3.49. The maximum atomic E-state index is 12.5. The number of carbonyl (C=O) groups excluding carboxylic acids is 1. The smallest absolute Gasteiger partial charge is 0.251 e. The summed E-state index contributed by atoms with van der Waals surface area (Å²) >= 11 is 1.70. The highest BCUT2D eigenvalue weighted by atomic mass is 32.2. The molecule has 1 amide bonds. The summed E-state index contributed by atoms with van der Waals surface area (Å²) in [4.78, 5) is 12.5. The molecule has 0 radical (unpaired) electrons. The average Bonchev–Trinajstić information content (AvgIpc) is 2.64. The summed E-state index contributed by atoms with van der Waals surface area (Å²) < 4.78 is 0. The Morgan fingerprint density at radius 2 is 1.79 bits per heavy atom. The van der Waals surface area contributed by atoms with Crippen LogP contribution in [0.1, 0.15) is 22.3 Å². The Morgan fingerprint density at radius 1 is 1.08 bits per heavy atom. The summed E-state index contributed by atoms with van der Waals surface area (Å²) in [6.45, 7) is 0.772. The lowest BCUT2D eigenvalue weighted by Gasteiger charge is -2.11. The van der Waals surface area contributed by atoms with Crippen LogP contribution in [0.3, 0.4) is 0 Å². The van der Waals surface area contributed by atoms with Crippen LogP contribution in [0, 0.1) is 11.3 Å². The van der Waals surface area contributed by atoms with Crippen molar-refractivity contribution in [3.05, 3.63) is 59.7 Å². The van der Waals surface area contributed by atoms with Gasteiger partial charge in [-0.2, -0.15) is 17.0 Å². The van der Waals surface area contributed by atoms with Crippen molar-refractivity contribution in [2.45, 2.75) is 6.42 Å². The number of carbonyl (C=O) groups is 1. The van der Waals surface area contributed by atoms with Gasteiger partial charge < -0.3 is 10.4 Å². The van der Waals surface area contributed by atoms with Crippen molar-refractivity contribution in [1.29, 1.82) is 5.26 Å². The average molecular weight is 340 g/mol. The molecule has 0 aliphatic heterocycles. The van der Waals surface area contributed by atoms with Crippen molar-refractivity contribution in [2.24, 2.45) is 0 Å². The summed E-state index contributed by atoms with van der Waals surface area (Å²) in [7, 11) is 0. The summed E-state index contributed by atoms with van der Waals surface area (Å²) in [6.07, 6.45) is 0.770. The number of benzene rings is 2. The topological polar surface area (TPSA) is 73.1 Å². The second kappa shape index (κ2) is 9.76. The summed E-state index contributed by atoms with van der Waals surface area (Å²) in [5.41, 5.74) is 2.65. The first-order chi connectivity index (χ1) is 11.8. The quantitative estimate of drug-likeness (QED) is 0.724. The Labute approximate surface area is 146 Å². The van der Waals surface area contributed by atoms with Crippen molar-refractivity contribution in [3.8, 4) is 17.2 Å². The van der Waals surface area contributed by atoms with Gasteiger partial charge in [-0.05, 0) is 29.9 Å². The number of hydrogen-bond donors (Lipinski definition) is 2. The fraction of sp³-hybridized carbons (Fsp3) is 0.263. The predicted molar refractivity (Wildman–Crippen MR) is 98.0 cm³/mol. The van der Waals surface area contributed by atoms with Gasteiger partial charge in [-0.15, -0.1) is 0 Å². The monoisotopic (exact) mass is 340 g/mol. The minimum absolute atomic E-state index is 0.138. The maximum Gasteiger partial charge on any atom is 0.251 e. The van der Waals surface area contributed by atoms with E-state index in [2.05, 4.69) is 11.4 Å². The van der Waals surface area contributed by atoms with E-state index in [0.717, 1.165) is 29.1 Å². The molecule has 24 heavy (non-hydrogen) atoms. The fourth-order valence-electron chi connectivity index (χ4n) is 2.33. The van der Waals surface area contributed by atoms with Crippen molar-refractivity contribution in [2.75, 3.05) is 24.7 Å². The van der Waals surface area contributed by atoms with E-state index in [1.807, 2.05) is 36.4 Å². The number of nitrogens with zero attached hydrogens (tertiary/aromatic N) is 1. The van der Waals surface area contributed by atoms with E-state index in [4.69, 9.17) is 5.11 Å². The summed E-state index contributed by atoms with van der Waals surface area (Å²) in [5.74, 6) is 1.56. The SMILES string of the molecule is N#Cc1ccccc1-c1ccccc1C(=O)NCCSCCCO. The van der Waals surface area contributed by atoms with Gasteiger partial charge in [0.2, 0.25) is 0 Å². The Hall–Kier alpha value is -2.29. The molecule has 0 aromatic heterocycles. The molecule has 4 nitrogen and oxygen atoms in total. The van der Waals surface area contributed by atoms with Gasteiger partial charge >= 0.3 is 0 Å². The van der Waals surface area contributed by atoms with Crippen molar-refractivity contribution in [1.82, 2.24) is 5.32 Å². The van der Waals surface area contributed by atoms with Gasteiger partial charge in [0, 0.05) is 30.0 Å². The summed E-state index contributed by atoms with van der Waals surface area (Å²) in [5, 5.41) is 20.9. The van der Waals surface area contributed by atoms with Crippen LogP contribution in [0.4, 0.5) is 0 Å². The Morgan fingerprint density at radius 3 is 2.54 bits per heavy atom. The van der Waals surface area contributed by atoms with Crippen molar-refractivity contribution >= 4 is 17.7 Å². The Balaban J connectivity index is 2.09. The van der Waals surface area contributed by atoms with Crippen LogP contribution in [-0.4, -0.2) is 35.7 Å². The molecule has 2 aromatic rings. The van der Waals surface area contributed by atoms with Crippen molar-refractivity contribution in [3.63, 3.8) is 0 Å². The molecule has 5 heteroatoms. The van der Waals surface area contributed by atoms with E-state index in [-0.39, 0.29) is 12.5 Å². The lowest BCUT2D eigenvalue weighted by atomic mass is 9.95. The highest BCUT2D eigenvalue weighted by molar-refractivity contribution is 7.99. The Kier molecular flexibility index (Phi) is 7.34. The van der Waals surface area contributed by atoms with Gasteiger partial charge in [-0.1, -0.05) is 36.4 Å². The zero-order valence-corrected chi connectivity index (χ0v) is 14.2. The number of amides is 1. The predicted octanol–water partition coefficient (Wildman–Crippen LogP) is 3.07. The molecule has 0 aliphatic carbocycles. The molecule has 0 bridgehead atoms. The van der Waals surface area contributed by atoms with E-state index >= 15 is 0 Å². The number of hydrogen-bond acceptors (Lipinski definition) is 4. The first-order valence-electron chi connectivity index (χ1n) is 7.83. The fourth-order valence-corrected chi connectivity index (χ4v) is 3.12. The highest BCUT2D eigenvalue weighted by Gasteiger charge is 2.14. The number of aliphatic hydroxyl groups excluding tert-OH is 1. The van der Waals surface area contributed by atoms with Gasteiger partial charge in [0.25, 0.3) is 5.91 Å². The number of nitriles is 1. The van der Waals surface area contributed by atoms with Crippen LogP contribution in [0.25, 0.3) is 11.1 Å². The zero-order chi connectivity index (χ0) is 17.2. The number of thioether (sulfide) groups is 1. The normalized spacial score (nSPS) is 10.2. The molecule has 0 fully saturated rings. The standard InChI is InChI=1S/C19H20N2O2S/c20-14-15-6-1-2-7-16(15)17-8-3-4-9-18(17)19(23)21-10-13-24-12-5-11-22/h1-4,6-9,22H,5,10-13H2,(H,21,23). The van der Waals surface area contributed by atoms with Crippen LogP contribution in [-0.2, 0) is 0 Å². The lowest BCUT2D eigenvalue weighted by Crippen LogP contribution is -2.26. The largest absolute Gasteiger partial charge is 0.396 e. The molecule has 0 unspecified atom stereocenters. The molecule has 2 aromatic carbocycles. The van der Waals surface area contributed by atoms with Gasteiger partial charge in [0.15, 0.2) is 0 Å². The van der Waals surface area contributed by atoms with Crippen LogP contribution in [0.15, 0.2) is 48.5 Å². The zero-order valence-electron chi connectivity index (χ0n) is 13.4. The molecule has 0 spiro atoms. The minimum atomic E-state index is -0.138. The molecule has 124 valence electrons. The summed E-state index contributed by atoms with van der Waals surface area (Å²) in [6, 6.07) is 16.8. The van der Waals surface area contributed by atoms with Crippen LogP contribution >= 0.6 is 11.8 Å². The molecule has 0 atom stereocenters. The molecule has 0 saturated carbocycles. The second-order valence-corrected chi connectivity index (χ2v) is 6.37. The van der Waals surface area contributed by atoms with Gasteiger partial charge in [-0.25, -0.2) is 0 Å². The number of nitrogens with one attached hydrogen (secondary N) is 1. The van der Waals surface area contributed by atoms with Crippen LogP contribution in [0.2, 0.25) is 0 Å². The van der Waals surface area contributed by atoms with Gasteiger partial charge in [0.1, 0.15) is 0 Å². The van der Waals surface area contributed by atoms with Gasteiger partial charge in [0.05, 0.1) is 11.6 Å². The second-order valence-electron chi connectivity index (χ2n) is 5.15. The Bertz CT molecular complexity index is 725. The highest BCUT2D eigenvalue weighted by Crippen LogP contribution is 2.26. The molecular formula is C19H20N2O2S. The van der Waals surface area contributed by atoms with Gasteiger partial charge in [-0.3, -0.25) is 4.79 Å².